The predicted octanol–water partition coefficient (Wildman–Crippen LogP) is 1.47. The summed E-state index contributed by atoms with van der Waals surface area (Å²) >= 11 is 0. The summed E-state index contributed by atoms with van der Waals surface area (Å²) in [5, 5.41) is 0. The third kappa shape index (κ3) is 2.92. The Labute approximate surface area is 94.0 Å². The lowest BCUT2D eigenvalue weighted by Crippen LogP contribution is -2.55. The first-order valence-corrected chi connectivity index (χ1v) is 6.03. The van der Waals surface area contributed by atoms with Gasteiger partial charge in [0.05, 0.1) is 6.10 Å². The Morgan fingerprint density at radius 2 is 2.20 bits per heavy atom. The molecule has 0 aromatic rings. The molecule has 1 heterocycles. The number of nitrogens with zero attached hydrogens (tertiary/aromatic N) is 1. The fourth-order valence-corrected chi connectivity index (χ4v) is 2.13. The third-order valence-electron chi connectivity index (χ3n) is 4.03. The number of hydrogen-bond acceptors (Lipinski definition) is 3. The maximum absolute atomic E-state index is 5.90. The second-order valence-electron chi connectivity index (χ2n) is 5.23. The molecule has 1 aliphatic heterocycles. The fraction of sp³-hybridized carbons (Fsp3) is 1.00. The van der Waals surface area contributed by atoms with E-state index in [0.29, 0.717) is 18.6 Å². The zero-order valence-corrected chi connectivity index (χ0v) is 10.6. The van der Waals surface area contributed by atoms with E-state index in [2.05, 4.69) is 32.7 Å². The molecule has 90 valence electrons. The Bertz CT molecular complexity index is 190. The van der Waals surface area contributed by atoms with Crippen LogP contribution in [0.3, 0.4) is 0 Å². The van der Waals surface area contributed by atoms with Crippen molar-refractivity contribution in [1.82, 2.24) is 4.90 Å². The summed E-state index contributed by atoms with van der Waals surface area (Å²) < 4.78 is 5.66. The van der Waals surface area contributed by atoms with Gasteiger partial charge < -0.3 is 10.5 Å². The maximum atomic E-state index is 5.90. The summed E-state index contributed by atoms with van der Waals surface area (Å²) in [7, 11) is 2.16. The van der Waals surface area contributed by atoms with Gasteiger partial charge in [-0.1, -0.05) is 13.8 Å². The molecule has 1 saturated heterocycles. The average molecular weight is 214 g/mol. The van der Waals surface area contributed by atoms with E-state index in [-0.39, 0.29) is 5.54 Å². The average Bonchev–Trinajstić information content (AvgIpc) is 2.68. The molecular formula is C12H26N2O. The van der Waals surface area contributed by atoms with Gasteiger partial charge in [-0.25, -0.2) is 0 Å². The monoisotopic (exact) mass is 214 g/mol. The lowest BCUT2D eigenvalue weighted by Gasteiger charge is -2.42. The lowest BCUT2D eigenvalue weighted by molar-refractivity contribution is 0.0253. The van der Waals surface area contributed by atoms with Crippen LogP contribution in [0.25, 0.3) is 0 Å². The molecule has 2 N–H and O–H groups in total. The smallest absolute Gasteiger partial charge is 0.0702 e. The van der Waals surface area contributed by atoms with E-state index in [1.807, 2.05) is 0 Å². The van der Waals surface area contributed by atoms with Crippen LogP contribution in [-0.2, 0) is 4.74 Å². The summed E-state index contributed by atoms with van der Waals surface area (Å²) in [6, 6.07) is 0. The minimum atomic E-state index is 0.0892. The summed E-state index contributed by atoms with van der Waals surface area (Å²) in [6.07, 6.45) is 2.82. The van der Waals surface area contributed by atoms with Gasteiger partial charge in [-0.05, 0) is 32.7 Å². The van der Waals surface area contributed by atoms with E-state index in [9.17, 15) is 0 Å². The molecule has 0 amide bonds. The van der Waals surface area contributed by atoms with E-state index in [1.54, 1.807) is 0 Å². The molecule has 1 fully saturated rings. The molecule has 2 unspecified atom stereocenters. The molecule has 0 aromatic heterocycles. The number of nitrogens with two attached hydrogens (primary N) is 1. The lowest BCUT2D eigenvalue weighted by atomic mass is 9.86. The van der Waals surface area contributed by atoms with Gasteiger partial charge >= 0.3 is 0 Å². The fourth-order valence-electron chi connectivity index (χ4n) is 2.13. The van der Waals surface area contributed by atoms with Crippen molar-refractivity contribution >= 4 is 0 Å². The second-order valence-corrected chi connectivity index (χ2v) is 5.23. The Hall–Kier alpha value is -0.120. The molecule has 1 rings (SSSR count). The molecule has 0 radical (unpaired) electrons. The molecule has 15 heavy (non-hydrogen) atoms. The van der Waals surface area contributed by atoms with Crippen molar-refractivity contribution in [3.8, 4) is 0 Å². The first-order chi connectivity index (χ1) is 7.00. The summed E-state index contributed by atoms with van der Waals surface area (Å²) in [5.41, 5.74) is 5.99. The van der Waals surface area contributed by atoms with Crippen LogP contribution in [-0.4, -0.2) is 43.3 Å². The van der Waals surface area contributed by atoms with Crippen LogP contribution < -0.4 is 5.73 Å². The zero-order valence-electron chi connectivity index (χ0n) is 10.6. The van der Waals surface area contributed by atoms with Crippen LogP contribution in [0, 0.1) is 5.92 Å². The highest BCUT2D eigenvalue weighted by molar-refractivity contribution is 4.90. The highest BCUT2D eigenvalue weighted by Gasteiger charge is 2.33. The van der Waals surface area contributed by atoms with Gasteiger partial charge in [0.15, 0.2) is 0 Å². The van der Waals surface area contributed by atoms with Crippen LogP contribution in [0.4, 0.5) is 0 Å². The van der Waals surface area contributed by atoms with Crippen molar-refractivity contribution in [2.75, 3.05) is 26.7 Å². The minimum Gasteiger partial charge on any atom is -0.377 e. The van der Waals surface area contributed by atoms with Crippen molar-refractivity contribution in [3.05, 3.63) is 0 Å². The van der Waals surface area contributed by atoms with E-state index >= 15 is 0 Å². The molecule has 0 aromatic carbocycles. The van der Waals surface area contributed by atoms with Gasteiger partial charge in [0.25, 0.3) is 0 Å². The largest absolute Gasteiger partial charge is 0.377 e. The van der Waals surface area contributed by atoms with Gasteiger partial charge in [-0.15, -0.1) is 0 Å². The van der Waals surface area contributed by atoms with Crippen LogP contribution in [0.1, 0.15) is 33.6 Å². The topological polar surface area (TPSA) is 38.5 Å². The molecule has 0 spiro atoms. The Morgan fingerprint density at radius 3 is 2.60 bits per heavy atom. The van der Waals surface area contributed by atoms with Gasteiger partial charge in [0.1, 0.15) is 0 Å². The molecular weight excluding hydrogens is 188 g/mol. The van der Waals surface area contributed by atoms with Crippen LogP contribution in [0.2, 0.25) is 0 Å². The van der Waals surface area contributed by atoms with Gasteiger partial charge in [0, 0.05) is 25.2 Å². The molecule has 0 saturated carbocycles. The molecule has 0 bridgehead atoms. The van der Waals surface area contributed by atoms with E-state index in [1.165, 1.54) is 12.8 Å². The maximum Gasteiger partial charge on any atom is 0.0702 e. The SMILES string of the molecule is CC(C)C(C)(CN)N(C)CC1CCCO1. The van der Waals surface area contributed by atoms with E-state index < -0.39 is 0 Å². The normalized spacial score (nSPS) is 26.2. The van der Waals surface area contributed by atoms with Crippen molar-refractivity contribution in [1.29, 1.82) is 0 Å². The first kappa shape index (κ1) is 12.9. The highest BCUT2D eigenvalue weighted by Crippen LogP contribution is 2.24. The van der Waals surface area contributed by atoms with Crippen LogP contribution in [0.5, 0.6) is 0 Å². The molecule has 0 aliphatic carbocycles. The van der Waals surface area contributed by atoms with Crippen molar-refractivity contribution in [2.45, 2.75) is 45.3 Å². The first-order valence-electron chi connectivity index (χ1n) is 6.03. The molecule has 3 heteroatoms. The van der Waals surface area contributed by atoms with E-state index in [0.717, 1.165) is 13.2 Å². The molecule has 3 nitrogen and oxygen atoms in total. The molecule has 2 atom stereocenters. The number of rotatable bonds is 5. The quantitative estimate of drug-likeness (QED) is 0.753. The van der Waals surface area contributed by atoms with E-state index in [4.69, 9.17) is 10.5 Å². The number of ether oxygens (including phenoxy) is 1. The van der Waals surface area contributed by atoms with Gasteiger partial charge in [0.2, 0.25) is 0 Å². The summed E-state index contributed by atoms with van der Waals surface area (Å²) in [4.78, 5) is 2.37. The second kappa shape index (κ2) is 5.28. The zero-order chi connectivity index (χ0) is 11.5. The number of hydrogen-bond donors (Lipinski definition) is 1. The van der Waals surface area contributed by atoms with Crippen molar-refractivity contribution < 1.29 is 4.74 Å². The third-order valence-corrected chi connectivity index (χ3v) is 4.03. The summed E-state index contributed by atoms with van der Waals surface area (Å²) in [5.74, 6) is 0.564. The standard InChI is InChI=1S/C12H26N2O/c1-10(2)12(3,9-13)14(4)8-11-6-5-7-15-11/h10-11H,5-9,13H2,1-4H3. The van der Waals surface area contributed by atoms with Gasteiger partial charge in [-0.2, -0.15) is 0 Å². The van der Waals surface area contributed by atoms with Gasteiger partial charge in [-0.3, -0.25) is 4.90 Å². The Balaban J connectivity index is 2.52. The highest BCUT2D eigenvalue weighted by atomic mass is 16.5. The summed E-state index contributed by atoms with van der Waals surface area (Å²) in [6.45, 7) is 9.35. The van der Waals surface area contributed by atoms with Crippen LogP contribution in [0.15, 0.2) is 0 Å². The van der Waals surface area contributed by atoms with Crippen LogP contribution >= 0.6 is 0 Å². The minimum absolute atomic E-state index is 0.0892. The Kier molecular flexibility index (Phi) is 4.56. The van der Waals surface area contributed by atoms with Crippen molar-refractivity contribution in [2.24, 2.45) is 11.7 Å². The predicted molar refractivity (Wildman–Crippen MR) is 63.9 cm³/mol. The van der Waals surface area contributed by atoms with Crippen molar-refractivity contribution in [3.63, 3.8) is 0 Å². The number of likely N-dealkylation sites (N-methyl/N-ethyl adjacent to an activating group) is 1. The Morgan fingerprint density at radius 1 is 1.53 bits per heavy atom. The molecule has 1 aliphatic rings.